The summed E-state index contributed by atoms with van der Waals surface area (Å²) >= 11 is 0. The largest absolute Gasteiger partial charge is 0.442 e. The Morgan fingerprint density at radius 2 is 2.33 bits per heavy atom. The molecule has 3 rings (SSSR count). The molecule has 112 valence electrons. The zero-order chi connectivity index (χ0) is 15.0. The van der Waals surface area contributed by atoms with E-state index in [0.29, 0.717) is 11.3 Å². The van der Waals surface area contributed by atoms with Crippen molar-refractivity contribution in [2.45, 2.75) is 45.6 Å². The summed E-state index contributed by atoms with van der Waals surface area (Å²) in [5.74, 6) is 0.343. The van der Waals surface area contributed by atoms with Crippen molar-refractivity contribution in [3.63, 3.8) is 0 Å². The number of H-pyrrole nitrogens is 1. The van der Waals surface area contributed by atoms with Gasteiger partial charge >= 0.3 is 0 Å². The number of rotatable bonds is 2. The molecule has 1 atom stereocenters. The molecule has 1 N–H and O–H groups in total. The standard InChI is InChI=1S/C15H19N3O3/c1-3-10-6-4-5-7-18(10)15(20)11-9(2)21-14-12(11)13(19)16-8-17-14/h8,10H,3-7H2,1-2H3,(H,16,17,19)/t10-/m0/s1. The van der Waals surface area contributed by atoms with Gasteiger partial charge in [0.15, 0.2) is 0 Å². The number of carbonyl (C=O) groups excluding carboxylic acids is 1. The highest BCUT2D eigenvalue weighted by Crippen LogP contribution is 2.26. The van der Waals surface area contributed by atoms with Crippen LogP contribution in [-0.2, 0) is 0 Å². The number of furan rings is 1. The molecule has 1 aliphatic heterocycles. The average Bonchev–Trinajstić information content (AvgIpc) is 2.84. The third-order valence-corrected chi connectivity index (χ3v) is 4.24. The van der Waals surface area contributed by atoms with Crippen molar-refractivity contribution in [3.05, 3.63) is 28.0 Å². The zero-order valence-corrected chi connectivity index (χ0v) is 12.3. The van der Waals surface area contributed by atoms with Crippen molar-refractivity contribution in [1.82, 2.24) is 14.9 Å². The quantitative estimate of drug-likeness (QED) is 0.919. The summed E-state index contributed by atoms with van der Waals surface area (Å²) in [5.41, 5.74) is 0.259. The minimum absolute atomic E-state index is 0.115. The molecule has 2 aromatic heterocycles. The van der Waals surface area contributed by atoms with E-state index in [1.54, 1.807) is 6.92 Å². The van der Waals surface area contributed by atoms with E-state index in [1.165, 1.54) is 6.33 Å². The molecular formula is C15H19N3O3. The number of likely N-dealkylation sites (tertiary alicyclic amines) is 1. The number of hydrogen-bond acceptors (Lipinski definition) is 4. The smallest absolute Gasteiger partial charge is 0.262 e. The number of aromatic amines is 1. The lowest BCUT2D eigenvalue weighted by Gasteiger charge is -2.35. The van der Waals surface area contributed by atoms with Gasteiger partial charge in [-0.05, 0) is 32.6 Å². The zero-order valence-electron chi connectivity index (χ0n) is 12.3. The molecule has 1 fully saturated rings. The fraction of sp³-hybridized carbons (Fsp3) is 0.533. The summed E-state index contributed by atoms with van der Waals surface area (Å²) in [5, 5.41) is 0.264. The number of aryl methyl sites for hydroxylation is 1. The molecule has 3 heterocycles. The predicted molar refractivity (Wildman–Crippen MR) is 78.3 cm³/mol. The van der Waals surface area contributed by atoms with E-state index < -0.39 is 0 Å². The molecule has 0 aliphatic carbocycles. The Balaban J connectivity index is 2.09. The molecule has 0 bridgehead atoms. The first kappa shape index (κ1) is 13.9. The number of fused-ring (bicyclic) bond motifs is 1. The van der Waals surface area contributed by atoms with Gasteiger partial charge in [-0.1, -0.05) is 6.92 Å². The van der Waals surface area contributed by atoms with Crippen LogP contribution in [0.4, 0.5) is 0 Å². The molecule has 0 spiro atoms. The van der Waals surface area contributed by atoms with Gasteiger partial charge in [-0.2, -0.15) is 0 Å². The average molecular weight is 289 g/mol. The monoisotopic (exact) mass is 289 g/mol. The summed E-state index contributed by atoms with van der Waals surface area (Å²) in [6, 6.07) is 0.242. The lowest BCUT2D eigenvalue weighted by atomic mass is 9.98. The second-order valence-electron chi connectivity index (χ2n) is 5.50. The van der Waals surface area contributed by atoms with Crippen LogP contribution in [0.3, 0.4) is 0 Å². The van der Waals surface area contributed by atoms with Crippen LogP contribution in [0.2, 0.25) is 0 Å². The van der Waals surface area contributed by atoms with Gasteiger partial charge in [-0.25, -0.2) is 4.98 Å². The van der Waals surface area contributed by atoms with Crippen LogP contribution < -0.4 is 5.56 Å². The number of piperidine rings is 1. The van der Waals surface area contributed by atoms with Gasteiger partial charge < -0.3 is 14.3 Å². The summed E-state index contributed by atoms with van der Waals surface area (Å²) in [7, 11) is 0. The molecule has 2 aromatic rings. The Hall–Kier alpha value is -2.11. The van der Waals surface area contributed by atoms with Crippen molar-refractivity contribution >= 4 is 17.0 Å². The summed E-state index contributed by atoms with van der Waals surface area (Å²) in [6.45, 7) is 4.53. The fourth-order valence-corrected chi connectivity index (χ4v) is 3.15. The maximum atomic E-state index is 12.9. The first-order valence-electron chi connectivity index (χ1n) is 7.41. The number of nitrogens with one attached hydrogen (secondary N) is 1. The van der Waals surface area contributed by atoms with Crippen LogP contribution in [0.5, 0.6) is 0 Å². The van der Waals surface area contributed by atoms with Crippen LogP contribution >= 0.6 is 0 Å². The minimum atomic E-state index is -0.328. The number of aromatic nitrogens is 2. The lowest BCUT2D eigenvalue weighted by molar-refractivity contribution is 0.0608. The Morgan fingerprint density at radius 1 is 1.52 bits per heavy atom. The maximum Gasteiger partial charge on any atom is 0.262 e. The van der Waals surface area contributed by atoms with Gasteiger partial charge in [0.05, 0.1) is 11.9 Å². The van der Waals surface area contributed by atoms with Crippen LogP contribution in [0.25, 0.3) is 11.1 Å². The SMILES string of the molecule is CC[C@H]1CCCCN1C(=O)c1c(C)oc2nc[nH]c(=O)c12. The number of carbonyl (C=O) groups is 1. The van der Waals surface area contributed by atoms with E-state index in [0.717, 1.165) is 32.2 Å². The molecule has 0 radical (unpaired) electrons. The highest BCUT2D eigenvalue weighted by molar-refractivity contribution is 6.06. The third kappa shape index (κ3) is 2.24. The fourth-order valence-electron chi connectivity index (χ4n) is 3.15. The summed E-state index contributed by atoms with van der Waals surface area (Å²) in [4.78, 5) is 33.3. The second-order valence-corrected chi connectivity index (χ2v) is 5.50. The van der Waals surface area contributed by atoms with E-state index in [4.69, 9.17) is 4.42 Å². The maximum absolute atomic E-state index is 12.9. The normalized spacial score (nSPS) is 19.1. The minimum Gasteiger partial charge on any atom is -0.442 e. The Labute approximate surface area is 122 Å². The molecule has 1 aliphatic rings. The van der Waals surface area contributed by atoms with E-state index in [2.05, 4.69) is 16.9 Å². The molecule has 1 saturated heterocycles. The highest BCUT2D eigenvalue weighted by Gasteiger charge is 2.31. The number of amides is 1. The first-order chi connectivity index (χ1) is 10.1. The first-order valence-corrected chi connectivity index (χ1v) is 7.41. The van der Waals surface area contributed by atoms with Crippen molar-refractivity contribution in [1.29, 1.82) is 0 Å². The van der Waals surface area contributed by atoms with Crippen molar-refractivity contribution in [3.8, 4) is 0 Å². The van der Waals surface area contributed by atoms with E-state index in [-0.39, 0.29) is 28.6 Å². The molecule has 0 saturated carbocycles. The third-order valence-electron chi connectivity index (χ3n) is 4.24. The molecule has 0 aromatic carbocycles. The van der Waals surface area contributed by atoms with Crippen LogP contribution in [0.1, 0.15) is 48.7 Å². The predicted octanol–water partition coefficient (Wildman–Crippen LogP) is 2.23. The van der Waals surface area contributed by atoms with Gasteiger partial charge in [-0.3, -0.25) is 9.59 Å². The van der Waals surface area contributed by atoms with E-state index in [9.17, 15) is 9.59 Å². The molecule has 21 heavy (non-hydrogen) atoms. The van der Waals surface area contributed by atoms with Crippen LogP contribution in [-0.4, -0.2) is 33.4 Å². The molecule has 0 unspecified atom stereocenters. The van der Waals surface area contributed by atoms with Crippen LogP contribution in [0, 0.1) is 6.92 Å². The van der Waals surface area contributed by atoms with Crippen molar-refractivity contribution in [2.24, 2.45) is 0 Å². The topological polar surface area (TPSA) is 79.2 Å². The van der Waals surface area contributed by atoms with Gasteiger partial charge in [0, 0.05) is 12.6 Å². The Morgan fingerprint density at radius 3 is 3.10 bits per heavy atom. The van der Waals surface area contributed by atoms with Crippen molar-refractivity contribution < 1.29 is 9.21 Å². The van der Waals surface area contributed by atoms with E-state index in [1.807, 2.05) is 4.90 Å². The van der Waals surface area contributed by atoms with Gasteiger partial charge in [0.2, 0.25) is 5.71 Å². The molecule has 6 nitrogen and oxygen atoms in total. The summed E-state index contributed by atoms with van der Waals surface area (Å²) < 4.78 is 5.48. The van der Waals surface area contributed by atoms with Gasteiger partial charge in [-0.15, -0.1) is 0 Å². The molecule has 6 heteroatoms. The van der Waals surface area contributed by atoms with Gasteiger partial charge in [0.25, 0.3) is 11.5 Å². The number of hydrogen-bond donors (Lipinski definition) is 1. The lowest BCUT2D eigenvalue weighted by Crippen LogP contribution is -2.43. The highest BCUT2D eigenvalue weighted by atomic mass is 16.3. The van der Waals surface area contributed by atoms with E-state index >= 15 is 0 Å². The summed E-state index contributed by atoms with van der Waals surface area (Å²) in [6.07, 6.45) is 5.39. The molecule has 1 amide bonds. The van der Waals surface area contributed by atoms with Crippen LogP contribution in [0.15, 0.2) is 15.5 Å². The molecular weight excluding hydrogens is 270 g/mol. The second kappa shape index (κ2) is 5.35. The van der Waals surface area contributed by atoms with Crippen molar-refractivity contribution in [2.75, 3.05) is 6.54 Å². The number of nitrogens with zero attached hydrogens (tertiary/aromatic N) is 2. The Bertz CT molecular complexity index is 731. The van der Waals surface area contributed by atoms with Gasteiger partial charge in [0.1, 0.15) is 11.1 Å². The Kier molecular flexibility index (Phi) is 3.53.